The van der Waals surface area contributed by atoms with Crippen LogP contribution in [-0.4, -0.2) is 37.6 Å². The highest BCUT2D eigenvalue weighted by molar-refractivity contribution is 5.77. The molecule has 0 bridgehead atoms. The predicted octanol–water partition coefficient (Wildman–Crippen LogP) is 2.31. The van der Waals surface area contributed by atoms with Gasteiger partial charge in [0.25, 0.3) is 0 Å². The van der Waals surface area contributed by atoms with Crippen LogP contribution in [0.1, 0.15) is 40.0 Å². The van der Waals surface area contributed by atoms with E-state index < -0.39 is 0 Å². The fourth-order valence-corrected chi connectivity index (χ4v) is 1.30. The minimum absolute atomic E-state index is 0.0935. The summed E-state index contributed by atoms with van der Waals surface area (Å²) < 4.78 is 5.43. The number of hydrogen-bond donors (Lipinski definition) is 0. The van der Waals surface area contributed by atoms with Gasteiger partial charge in [0.2, 0.25) is 5.91 Å². The summed E-state index contributed by atoms with van der Waals surface area (Å²) in [7, 11) is 1.86. The molecule has 0 spiro atoms. The van der Waals surface area contributed by atoms with E-state index in [0.717, 1.165) is 32.6 Å². The number of hydrogen-bond acceptors (Lipinski definition) is 2. The van der Waals surface area contributed by atoms with Gasteiger partial charge in [-0.25, -0.2) is 0 Å². The average Bonchev–Trinajstić information content (AvgIpc) is 2.21. The summed E-state index contributed by atoms with van der Waals surface area (Å²) in [5.74, 6) is 0.305. The first-order valence-electron chi connectivity index (χ1n) is 5.92. The predicted molar refractivity (Wildman–Crippen MR) is 62.8 cm³/mol. The van der Waals surface area contributed by atoms with Crippen LogP contribution in [-0.2, 0) is 9.53 Å². The fourth-order valence-electron chi connectivity index (χ4n) is 1.30. The minimum Gasteiger partial charge on any atom is -0.381 e. The van der Waals surface area contributed by atoms with Crippen LogP contribution in [0.15, 0.2) is 0 Å². The molecule has 0 N–H and O–H groups in total. The van der Waals surface area contributed by atoms with E-state index in [1.807, 2.05) is 20.9 Å². The van der Waals surface area contributed by atoms with Crippen LogP contribution < -0.4 is 0 Å². The third-order valence-electron chi connectivity index (χ3n) is 2.29. The van der Waals surface area contributed by atoms with Crippen LogP contribution in [0.3, 0.4) is 0 Å². The third kappa shape index (κ3) is 7.37. The van der Waals surface area contributed by atoms with Gasteiger partial charge in [-0.2, -0.15) is 0 Å². The van der Waals surface area contributed by atoms with Crippen molar-refractivity contribution < 1.29 is 9.53 Å². The molecule has 90 valence electrons. The molecule has 3 nitrogen and oxygen atoms in total. The quantitative estimate of drug-likeness (QED) is 0.581. The Bertz CT molecular complexity index is 169. The summed E-state index contributed by atoms with van der Waals surface area (Å²) in [5.41, 5.74) is 0. The van der Waals surface area contributed by atoms with Gasteiger partial charge in [0.05, 0.1) is 0 Å². The summed E-state index contributed by atoms with van der Waals surface area (Å²) in [6, 6.07) is 0. The second kappa shape index (κ2) is 8.72. The van der Waals surface area contributed by atoms with Crippen molar-refractivity contribution in [2.75, 3.05) is 26.8 Å². The Labute approximate surface area is 93.8 Å². The first kappa shape index (κ1) is 14.4. The average molecular weight is 215 g/mol. The Morgan fingerprint density at radius 3 is 2.40 bits per heavy atom. The molecule has 0 radical (unpaired) electrons. The molecule has 0 aliphatic carbocycles. The van der Waals surface area contributed by atoms with E-state index in [-0.39, 0.29) is 11.8 Å². The fraction of sp³-hybridized carbons (Fsp3) is 0.917. The molecule has 0 rings (SSSR count). The minimum atomic E-state index is 0.0935. The van der Waals surface area contributed by atoms with E-state index in [1.54, 1.807) is 4.90 Å². The summed E-state index contributed by atoms with van der Waals surface area (Å²) >= 11 is 0. The number of carbonyl (C=O) groups is 1. The first-order valence-corrected chi connectivity index (χ1v) is 5.92. The normalized spacial score (nSPS) is 10.7. The first-order chi connectivity index (χ1) is 7.09. The lowest BCUT2D eigenvalue weighted by Crippen LogP contribution is -2.31. The maximum Gasteiger partial charge on any atom is 0.224 e. The molecule has 0 aromatic carbocycles. The second-order valence-electron chi connectivity index (χ2n) is 4.23. The maximum atomic E-state index is 11.5. The van der Waals surface area contributed by atoms with Gasteiger partial charge in [-0.05, 0) is 12.8 Å². The molecule has 3 heteroatoms. The van der Waals surface area contributed by atoms with Gasteiger partial charge in [-0.1, -0.05) is 27.2 Å². The van der Waals surface area contributed by atoms with Crippen LogP contribution in [0.25, 0.3) is 0 Å². The van der Waals surface area contributed by atoms with Gasteiger partial charge in [0.1, 0.15) is 0 Å². The molecular formula is C12H25NO2. The van der Waals surface area contributed by atoms with Crippen molar-refractivity contribution in [1.82, 2.24) is 4.90 Å². The molecule has 0 atom stereocenters. The van der Waals surface area contributed by atoms with Gasteiger partial charge < -0.3 is 9.64 Å². The van der Waals surface area contributed by atoms with Gasteiger partial charge in [-0.15, -0.1) is 0 Å². The van der Waals surface area contributed by atoms with Crippen LogP contribution in [0.2, 0.25) is 0 Å². The van der Waals surface area contributed by atoms with E-state index in [0.29, 0.717) is 0 Å². The van der Waals surface area contributed by atoms with Gasteiger partial charge in [-0.3, -0.25) is 4.79 Å². The van der Waals surface area contributed by atoms with E-state index in [1.165, 1.54) is 6.42 Å². The summed E-state index contributed by atoms with van der Waals surface area (Å²) in [6.45, 7) is 8.41. The highest BCUT2D eigenvalue weighted by Crippen LogP contribution is 2.00. The Morgan fingerprint density at radius 1 is 1.27 bits per heavy atom. The summed E-state index contributed by atoms with van der Waals surface area (Å²) in [5, 5.41) is 0. The van der Waals surface area contributed by atoms with Gasteiger partial charge in [0.15, 0.2) is 0 Å². The zero-order chi connectivity index (χ0) is 11.7. The topological polar surface area (TPSA) is 29.5 Å². The molecule has 0 unspecified atom stereocenters. The summed E-state index contributed by atoms with van der Waals surface area (Å²) in [6.07, 6.45) is 3.23. The largest absolute Gasteiger partial charge is 0.381 e. The van der Waals surface area contributed by atoms with Gasteiger partial charge >= 0.3 is 0 Å². The zero-order valence-electron chi connectivity index (χ0n) is 10.6. The lowest BCUT2D eigenvalue weighted by Gasteiger charge is -2.19. The molecule has 0 aliphatic heterocycles. The molecule has 0 saturated carbocycles. The molecule has 1 amide bonds. The van der Waals surface area contributed by atoms with Crippen LogP contribution in [0.4, 0.5) is 0 Å². The van der Waals surface area contributed by atoms with E-state index >= 15 is 0 Å². The van der Waals surface area contributed by atoms with E-state index in [2.05, 4.69) is 6.92 Å². The Kier molecular flexibility index (Phi) is 8.38. The number of rotatable bonds is 8. The number of amides is 1. The maximum absolute atomic E-state index is 11.5. The molecule has 0 aromatic heterocycles. The Balaban J connectivity index is 3.39. The monoisotopic (exact) mass is 215 g/mol. The third-order valence-corrected chi connectivity index (χ3v) is 2.29. The van der Waals surface area contributed by atoms with Crippen LogP contribution in [0.5, 0.6) is 0 Å². The smallest absolute Gasteiger partial charge is 0.224 e. The van der Waals surface area contributed by atoms with Crippen molar-refractivity contribution in [2.45, 2.75) is 40.0 Å². The highest BCUT2D eigenvalue weighted by atomic mass is 16.5. The van der Waals surface area contributed by atoms with E-state index in [4.69, 9.17) is 4.74 Å². The SMILES string of the molecule is CCCCOCCCN(C)C(=O)C(C)C. The van der Waals surface area contributed by atoms with Crippen molar-refractivity contribution in [2.24, 2.45) is 5.92 Å². The standard InChI is InChI=1S/C12H25NO2/c1-5-6-9-15-10-7-8-13(4)12(14)11(2)3/h11H,5-10H2,1-4H3. The lowest BCUT2D eigenvalue weighted by molar-refractivity contribution is -0.133. The van der Waals surface area contributed by atoms with Crippen LogP contribution >= 0.6 is 0 Å². The van der Waals surface area contributed by atoms with Crippen molar-refractivity contribution in [1.29, 1.82) is 0 Å². The van der Waals surface area contributed by atoms with Crippen molar-refractivity contribution in [3.63, 3.8) is 0 Å². The number of carbonyl (C=O) groups excluding carboxylic acids is 1. The Hall–Kier alpha value is -0.570. The summed E-state index contributed by atoms with van der Waals surface area (Å²) in [4.78, 5) is 13.3. The number of unbranched alkanes of at least 4 members (excludes halogenated alkanes) is 1. The molecule has 0 heterocycles. The zero-order valence-corrected chi connectivity index (χ0v) is 10.6. The molecular weight excluding hydrogens is 190 g/mol. The van der Waals surface area contributed by atoms with Gasteiger partial charge in [0, 0.05) is 32.7 Å². The molecule has 0 fully saturated rings. The van der Waals surface area contributed by atoms with Crippen molar-refractivity contribution in [3.05, 3.63) is 0 Å². The lowest BCUT2D eigenvalue weighted by atomic mass is 10.2. The number of nitrogens with zero attached hydrogens (tertiary/aromatic N) is 1. The van der Waals surface area contributed by atoms with Crippen molar-refractivity contribution >= 4 is 5.91 Å². The van der Waals surface area contributed by atoms with Crippen LogP contribution in [0, 0.1) is 5.92 Å². The second-order valence-corrected chi connectivity index (χ2v) is 4.23. The highest BCUT2D eigenvalue weighted by Gasteiger charge is 2.11. The Morgan fingerprint density at radius 2 is 1.87 bits per heavy atom. The van der Waals surface area contributed by atoms with E-state index in [9.17, 15) is 4.79 Å². The molecule has 0 aliphatic rings. The van der Waals surface area contributed by atoms with Crippen molar-refractivity contribution in [3.8, 4) is 0 Å². The number of ether oxygens (including phenoxy) is 1. The molecule has 0 saturated heterocycles. The molecule has 15 heavy (non-hydrogen) atoms. The molecule has 0 aromatic rings.